The summed E-state index contributed by atoms with van der Waals surface area (Å²) in [4.78, 5) is 26.9. The van der Waals surface area contributed by atoms with Crippen LogP contribution in [0.2, 0.25) is 0 Å². The first-order chi connectivity index (χ1) is 12.8. The molecule has 2 amide bonds. The Morgan fingerprint density at radius 3 is 2.56 bits per heavy atom. The van der Waals surface area contributed by atoms with E-state index >= 15 is 0 Å². The molecule has 2 heterocycles. The highest BCUT2D eigenvalue weighted by Gasteiger charge is 2.32. The van der Waals surface area contributed by atoms with Crippen molar-refractivity contribution in [3.63, 3.8) is 0 Å². The van der Waals surface area contributed by atoms with Crippen molar-refractivity contribution in [3.8, 4) is 0 Å². The van der Waals surface area contributed by atoms with Crippen LogP contribution < -0.4 is 5.32 Å². The Hall–Kier alpha value is -2.63. The molecular formula is C21H28N4O2. The second-order valence-electron chi connectivity index (χ2n) is 8.21. The predicted octanol–water partition coefficient (Wildman–Crippen LogP) is 3.15. The third-order valence-corrected chi connectivity index (χ3v) is 4.89. The summed E-state index contributed by atoms with van der Waals surface area (Å²) in [5.41, 5.74) is 1.52. The van der Waals surface area contributed by atoms with Gasteiger partial charge in [-0.05, 0) is 36.6 Å². The number of benzene rings is 1. The predicted molar refractivity (Wildman–Crippen MR) is 105 cm³/mol. The number of hydrogen-bond donors (Lipinski definition) is 1. The van der Waals surface area contributed by atoms with E-state index in [1.807, 2.05) is 66.9 Å². The average Bonchev–Trinajstić information content (AvgIpc) is 3.13. The Kier molecular flexibility index (Phi) is 5.63. The Morgan fingerprint density at radius 2 is 1.93 bits per heavy atom. The van der Waals surface area contributed by atoms with E-state index in [1.54, 1.807) is 6.20 Å². The van der Waals surface area contributed by atoms with Gasteiger partial charge >= 0.3 is 0 Å². The van der Waals surface area contributed by atoms with Gasteiger partial charge in [0.25, 0.3) is 0 Å². The quantitative estimate of drug-likeness (QED) is 0.901. The number of nitrogens with zero attached hydrogens (tertiary/aromatic N) is 3. The number of amides is 2. The molecule has 144 valence electrons. The molecule has 1 N–H and O–H groups in total. The number of rotatable bonds is 4. The molecule has 1 aliphatic heterocycles. The smallest absolute Gasteiger partial charge is 0.227 e. The molecule has 27 heavy (non-hydrogen) atoms. The van der Waals surface area contributed by atoms with Crippen LogP contribution in [0, 0.1) is 11.3 Å². The van der Waals surface area contributed by atoms with E-state index in [0.717, 1.165) is 11.3 Å². The minimum atomic E-state index is -0.371. The van der Waals surface area contributed by atoms with E-state index in [-0.39, 0.29) is 23.1 Å². The van der Waals surface area contributed by atoms with Crippen molar-refractivity contribution < 1.29 is 9.59 Å². The summed E-state index contributed by atoms with van der Waals surface area (Å²) in [6, 6.07) is 9.75. The highest BCUT2D eigenvalue weighted by molar-refractivity contribution is 5.93. The standard InChI is InChI=1S/C21H28N4O2/c1-21(2,3)20(27)24-12-8-17(9-13-24)19(26)23-18-7-4-6-16(14-18)15-25-11-5-10-22-25/h4-7,10-11,14,17H,8-9,12-13,15H2,1-3H3,(H,23,26). The van der Waals surface area contributed by atoms with Crippen LogP contribution >= 0.6 is 0 Å². The molecule has 6 nitrogen and oxygen atoms in total. The second-order valence-corrected chi connectivity index (χ2v) is 8.21. The summed E-state index contributed by atoms with van der Waals surface area (Å²) < 4.78 is 1.85. The highest BCUT2D eigenvalue weighted by Crippen LogP contribution is 2.24. The van der Waals surface area contributed by atoms with Crippen molar-refractivity contribution >= 4 is 17.5 Å². The normalized spacial score (nSPS) is 15.6. The van der Waals surface area contributed by atoms with Crippen LogP contribution in [0.1, 0.15) is 39.2 Å². The van der Waals surface area contributed by atoms with E-state index < -0.39 is 0 Å². The van der Waals surface area contributed by atoms with Crippen LogP contribution in [0.5, 0.6) is 0 Å². The number of carbonyl (C=O) groups is 2. The summed E-state index contributed by atoms with van der Waals surface area (Å²) in [6.07, 6.45) is 5.08. The van der Waals surface area contributed by atoms with Crippen molar-refractivity contribution in [1.29, 1.82) is 0 Å². The summed E-state index contributed by atoms with van der Waals surface area (Å²) in [5, 5.41) is 7.25. The minimum Gasteiger partial charge on any atom is -0.342 e. The van der Waals surface area contributed by atoms with Gasteiger partial charge in [0, 0.05) is 42.5 Å². The monoisotopic (exact) mass is 368 g/mol. The Balaban J connectivity index is 1.55. The summed E-state index contributed by atoms with van der Waals surface area (Å²) >= 11 is 0. The number of hydrogen-bond acceptors (Lipinski definition) is 3. The Labute approximate surface area is 160 Å². The molecule has 2 aromatic rings. The van der Waals surface area contributed by atoms with Crippen LogP contribution in [-0.4, -0.2) is 39.6 Å². The van der Waals surface area contributed by atoms with Gasteiger partial charge in [-0.3, -0.25) is 14.3 Å². The SMILES string of the molecule is CC(C)(C)C(=O)N1CCC(C(=O)Nc2cccc(Cn3cccn3)c2)CC1. The van der Waals surface area contributed by atoms with Gasteiger partial charge in [0.15, 0.2) is 0 Å². The number of piperidine rings is 1. The number of carbonyl (C=O) groups excluding carboxylic acids is 2. The van der Waals surface area contributed by atoms with Gasteiger partial charge in [-0.25, -0.2) is 0 Å². The largest absolute Gasteiger partial charge is 0.342 e. The lowest BCUT2D eigenvalue weighted by molar-refractivity contribution is -0.142. The molecule has 0 radical (unpaired) electrons. The maximum absolute atomic E-state index is 12.6. The van der Waals surface area contributed by atoms with Gasteiger partial charge in [0.1, 0.15) is 0 Å². The molecule has 1 aromatic heterocycles. The molecule has 0 atom stereocenters. The second kappa shape index (κ2) is 7.94. The van der Waals surface area contributed by atoms with Crippen molar-refractivity contribution in [1.82, 2.24) is 14.7 Å². The fourth-order valence-electron chi connectivity index (χ4n) is 3.39. The lowest BCUT2D eigenvalue weighted by Gasteiger charge is -2.35. The molecule has 0 bridgehead atoms. The summed E-state index contributed by atoms with van der Waals surface area (Å²) in [5.74, 6) is 0.144. The highest BCUT2D eigenvalue weighted by atomic mass is 16.2. The van der Waals surface area contributed by atoms with Crippen LogP contribution in [0.15, 0.2) is 42.7 Å². The number of nitrogens with one attached hydrogen (secondary N) is 1. The fourth-order valence-corrected chi connectivity index (χ4v) is 3.39. The zero-order valence-corrected chi connectivity index (χ0v) is 16.3. The van der Waals surface area contributed by atoms with Crippen molar-refractivity contribution in [3.05, 3.63) is 48.3 Å². The molecule has 1 saturated heterocycles. The Morgan fingerprint density at radius 1 is 1.19 bits per heavy atom. The van der Waals surface area contributed by atoms with Gasteiger partial charge in [-0.1, -0.05) is 32.9 Å². The lowest BCUT2D eigenvalue weighted by atomic mass is 9.90. The third-order valence-electron chi connectivity index (χ3n) is 4.89. The fraction of sp³-hybridized carbons (Fsp3) is 0.476. The van der Waals surface area contributed by atoms with Crippen molar-refractivity contribution in [2.24, 2.45) is 11.3 Å². The molecule has 1 aliphatic rings. The zero-order valence-electron chi connectivity index (χ0n) is 16.3. The van der Waals surface area contributed by atoms with Gasteiger partial charge in [-0.15, -0.1) is 0 Å². The topological polar surface area (TPSA) is 67.2 Å². The van der Waals surface area contributed by atoms with Gasteiger partial charge < -0.3 is 10.2 Å². The number of anilines is 1. The number of likely N-dealkylation sites (tertiary alicyclic amines) is 1. The molecule has 0 spiro atoms. The molecule has 1 fully saturated rings. The van der Waals surface area contributed by atoms with Crippen LogP contribution in [-0.2, 0) is 16.1 Å². The zero-order chi connectivity index (χ0) is 19.4. The van der Waals surface area contributed by atoms with Crippen molar-refractivity contribution in [2.75, 3.05) is 18.4 Å². The molecule has 0 aliphatic carbocycles. The molecule has 6 heteroatoms. The number of aromatic nitrogens is 2. The van der Waals surface area contributed by atoms with Gasteiger partial charge in [0.2, 0.25) is 11.8 Å². The summed E-state index contributed by atoms with van der Waals surface area (Å²) in [7, 11) is 0. The average molecular weight is 368 g/mol. The molecule has 1 aromatic carbocycles. The third kappa shape index (κ3) is 4.96. The van der Waals surface area contributed by atoms with Crippen LogP contribution in [0.25, 0.3) is 0 Å². The summed E-state index contributed by atoms with van der Waals surface area (Å²) in [6.45, 7) is 7.77. The van der Waals surface area contributed by atoms with E-state index in [2.05, 4.69) is 10.4 Å². The Bertz CT molecular complexity index is 785. The first-order valence-electron chi connectivity index (χ1n) is 9.49. The van der Waals surface area contributed by atoms with Gasteiger partial charge in [0.05, 0.1) is 6.54 Å². The first-order valence-corrected chi connectivity index (χ1v) is 9.49. The first kappa shape index (κ1) is 19.1. The maximum atomic E-state index is 12.6. The van der Waals surface area contributed by atoms with Gasteiger partial charge in [-0.2, -0.15) is 5.10 Å². The van der Waals surface area contributed by atoms with E-state index in [0.29, 0.717) is 32.5 Å². The van der Waals surface area contributed by atoms with E-state index in [4.69, 9.17) is 0 Å². The van der Waals surface area contributed by atoms with Crippen molar-refractivity contribution in [2.45, 2.75) is 40.2 Å². The molecule has 3 rings (SSSR count). The lowest BCUT2D eigenvalue weighted by Crippen LogP contribution is -2.45. The van der Waals surface area contributed by atoms with Crippen LogP contribution in [0.4, 0.5) is 5.69 Å². The molecule has 0 saturated carbocycles. The molecular weight excluding hydrogens is 340 g/mol. The minimum absolute atomic E-state index is 0.0362. The van der Waals surface area contributed by atoms with E-state index in [9.17, 15) is 9.59 Å². The molecule has 0 unspecified atom stereocenters. The van der Waals surface area contributed by atoms with E-state index in [1.165, 1.54) is 0 Å². The van der Waals surface area contributed by atoms with Crippen LogP contribution in [0.3, 0.4) is 0 Å². The maximum Gasteiger partial charge on any atom is 0.227 e.